The molecule has 86 valence electrons. The highest BCUT2D eigenvalue weighted by Crippen LogP contribution is 2.58. The molecule has 2 saturated carbocycles. The molecule has 2 aliphatic rings. The number of rotatable bonds is 3. The van der Waals surface area contributed by atoms with Crippen molar-refractivity contribution in [3.8, 4) is 0 Å². The Morgan fingerprint density at radius 2 is 1.81 bits per heavy atom. The summed E-state index contributed by atoms with van der Waals surface area (Å²) in [5, 5.41) is 0. The molecule has 16 heavy (non-hydrogen) atoms. The summed E-state index contributed by atoms with van der Waals surface area (Å²) in [6.07, 6.45) is 5.27. The van der Waals surface area contributed by atoms with Gasteiger partial charge in [0.1, 0.15) is 0 Å². The highest BCUT2D eigenvalue weighted by atomic mass is 14.8. The zero-order valence-corrected chi connectivity index (χ0v) is 10.3. The van der Waals surface area contributed by atoms with Crippen LogP contribution >= 0.6 is 0 Å². The van der Waals surface area contributed by atoms with E-state index in [-0.39, 0.29) is 11.0 Å². The Bertz CT molecular complexity index is 406. The molecule has 0 atom stereocenters. The molecule has 0 saturated heterocycles. The van der Waals surface area contributed by atoms with E-state index < -0.39 is 0 Å². The average Bonchev–Trinajstić information content (AvgIpc) is 3.10. The van der Waals surface area contributed by atoms with E-state index in [0.717, 1.165) is 5.92 Å². The highest BCUT2D eigenvalue weighted by molar-refractivity contribution is 5.45. The lowest BCUT2D eigenvalue weighted by atomic mass is 9.76. The van der Waals surface area contributed by atoms with Gasteiger partial charge in [0.2, 0.25) is 0 Å². The van der Waals surface area contributed by atoms with Gasteiger partial charge in [-0.25, -0.2) is 0 Å². The summed E-state index contributed by atoms with van der Waals surface area (Å²) in [5.41, 5.74) is 9.71. The minimum absolute atomic E-state index is 0.0853. The van der Waals surface area contributed by atoms with E-state index in [9.17, 15) is 0 Å². The van der Waals surface area contributed by atoms with Gasteiger partial charge in [-0.1, -0.05) is 24.3 Å². The fraction of sp³-hybridized carbons (Fsp3) is 0.600. The Hall–Kier alpha value is -0.820. The van der Waals surface area contributed by atoms with Crippen molar-refractivity contribution in [3.05, 3.63) is 35.4 Å². The molecule has 2 aliphatic carbocycles. The standard InChI is InChI=1S/C15H21N/c1-14(2,16)15(9-10-15)13-6-4-3-5-12(13)11-7-8-11/h3-6,11H,7-10,16H2,1-2H3. The SMILES string of the molecule is CC(C)(N)C1(c2ccccc2C2CC2)CC1. The highest BCUT2D eigenvalue weighted by Gasteiger charge is 2.55. The fourth-order valence-corrected chi connectivity index (χ4v) is 3.07. The number of benzene rings is 1. The molecule has 3 rings (SSSR count). The zero-order chi connectivity index (χ0) is 11.4. The van der Waals surface area contributed by atoms with Crippen LogP contribution in [0.25, 0.3) is 0 Å². The average molecular weight is 215 g/mol. The van der Waals surface area contributed by atoms with Gasteiger partial charge in [-0.3, -0.25) is 0 Å². The van der Waals surface area contributed by atoms with E-state index in [4.69, 9.17) is 5.73 Å². The van der Waals surface area contributed by atoms with Crippen LogP contribution in [0.2, 0.25) is 0 Å². The van der Waals surface area contributed by atoms with Crippen LogP contribution < -0.4 is 5.73 Å². The van der Waals surface area contributed by atoms with Crippen molar-refractivity contribution >= 4 is 0 Å². The van der Waals surface area contributed by atoms with Gasteiger partial charge in [0.25, 0.3) is 0 Å². The predicted molar refractivity (Wildman–Crippen MR) is 67.6 cm³/mol. The maximum absolute atomic E-state index is 6.40. The minimum atomic E-state index is -0.0853. The second kappa shape index (κ2) is 3.10. The van der Waals surface area contributed by atoms with Gasteiger partial charge in [0, 0.05) is 11.0 Å². The van der Waals surface area contributed by atoms with Gasteiger partial charge in [-0.05, 0) is 56.6 Å². The van der Waals surface area contributed by atoms with Crippen molar-refractivity contribution in [1.82, 2.24) is 0 Å². The Balaban J connectivity index is 2.06. The van der Waals surface area contributed by atoms with Gasteiger partial charge in [0.15, 0.2) is 0 Å². The Morgan fingerprint density at radius 3 is 2.31 bits per heavy atom. The van der Waals surface area contributed by atoms with Gasteiger partial charge < -0.3 is 5.73 Å². The van der Waals surface area contributed by atoms with Crippen molar-refractivity contribution in [3.63, 3.8) is 0 Å². The quantitative estimate of drug-likeness (QED) is 0.822. The molecule has 0 amide bonds. The van der Waals surface area contributed by atoms with Crippen LogP contribution in [0.3, 0.4) is 0 Å². The van der Waals surface area contributed by atoms with Crippen molar-refractivity contribution in [1.29, 1.82) is 0 Å². The number of hydrogen-bond donors (Lipinski definition) is 1. The lowest BCUT2D eigenvalue weighted by molar-refractivity contribution is 0.389. The minimum Gasteiger partial charge on any atom is -0.325 e. The first-order chi connectivity index (χ1) is 7.55. The molecule has 1 aromatic rings. The van der Waals surface area contributed by atoms with Crippen molar-refractivity contribution in [2.24, 2.45) is 5.73 Å². The largest absolute Gasteiger partial charge is 0.325 e. The smallest absolute Gasteiger partial charge is 0.0195 e. The molecule has 2 N–H and O–H groups in total. The third-order valence-corrected chi connectivity index (χ3v) is 4.48. The molecular weight excluding hydrogens is 194 g/mol. The molecule has 0 spiro atoms. The van der Waals surface area contributed by atoms with Crippen LogP contribution in [0.1, 0.15) is 56.6 Å². The van der Waals surface area contributed by atoms with Crippen LogP contribution in [0.4, 0.5) is 0 Å². The van der Waals surface area contributed by atoms with Crippen molar-refractivity contribution < 1.29 is 0 Å². The summed E-state index contributed by atoms with van der Waals surface area (Å²) in [7, 11) is 0. The van der Waals surface area contributed by atoms with Crippen molar-refractivity contribution in [2.45, 2.75) is 56.4 Å². The normalized spacial score (nSPS) is 23.2. The van der Waals surface area contributed by atoms with E-state index in [0.29, 0.717) is 0 Å². The summed E-state index contributed by atoms with van der Waals surface area (Å²) in [5.74, 6) is 0.830. The molecular formula is C15H21N. The monoisotopic (exact) mass is 215 g/mol. The summed E-state index contributed by atoms with van der Waals surface area (Å²) >= 11 is 0. The second-order valence-electron chi connectivity index (χ2n) is 6.17. The summed E-state index contributed by atoms with van der Waals surface area (Å²) in [6, 6.07) is 8.98. The van der Waals surface area contributed by atoms with E-state index in [1.165, 1.54) is 25.7 Å². The molecule has 2 fully saturated rings. The van der Waals surface area contributed by atoms with Gasteiger partial charge >= 0.3 is 0 Å². The Labute approximate surface area is 98.0 Å². The molecule has 0 heterocycles. The molecule has 0 aromatic heterocycles. The van der Waals surface area contributed by atoms with Crippen LogP contribution in [-0.2, 0) is 5.41 Å². The maximum atomic E-state index is 6.40. The van der Waals surface area contributed by atoms with E-state index >= 15 is 0 Å². The van der Waals surface area contributed by atoms with E-state index in [2.05, 4.69) is 38.1 Å². The Kier molecular flexibility index (Phi) is 2.00. The summed E-state index contributed by atoms with van der Waals surface area (Å²) < 4.78 is 0. The number of hydrogen-bond acceptors (Lipinski definition) is 1. The van der Waals surface area contributed by atoms with E-state index in [1.807, 2.05) is 0 Å². The Morgan fingerprint density at radius 1 is 1.19 bits per heavy atom. The first kappa shape index (κ1) is 10.3. The van der Waals surface area contributed by atoms with Crippen LogP contribution in [-0.4, -0.2) is 5.54 Å². The molecule has 1 aromatic carbocycles. The van der Waals surface area contributed by atoms with E-state index in [1.54, 1.807) is 11.1 Å². The summed E-state index contributed by atoms with van der Waals surface area (Å²) in [4.78, 5) is 0. The second-order valence-corrected chi connectivity index (χ2v) is 6.17. The third kappa shape index (κ3) is 1.41. The lowest BCUT2D eigenvalue weighted by Crippen LogP contribution is -2.45. The molecule has 0 radical (unpaired) electrons. The molecule has 0 bridgehead atoms. The van der Waals surface area contributed by atoms with Crippen LogP contribution in [0, 0.1) is 0 Å². The van der Waals surface area contributed by atoms with Gasteiger partial charge in [-0.15, -0.1) is 0 Å². The predicted octanol–water partition coefficient (Wildman–Crippen LogP) is 3.33. The maximum Gasteiger partial charge on any atom is 0.0195 e. The first-order valence-corrected chi connectivity index (χ1v) is 6.43. The van der Waals surface area contributed by atoms with Crippen LogP contribution in [0.5, 0.6) is 0 Å². The zero-order valence-electron chi connectivity index (χ0n) is 10.3. The van der Waals surface area contributed by atoms with Crippen LogP contribution in [0.15, 0.2) is 24.3 Å². The lowest BCUT2D eigenvalue weighted by Gasteiger charge is -2.33. The van der Waals surface area contributed by atoms with Crippen molar-refractivity contribution in [2.75, 3.05) is 0 Å². The number of nitrogens with two attached hydrogens (primary N) is 1. The first-order valence-electron chi connectivity index (χ1n) is 6.43. The third-order valence-electron chi connectivity index (χ3n) is 4.48. The summed E-state index contributed by atoms with van der Waals surface area (Å²) in [6.45, 7) is 4.37. The van der Waals surface area contributed by atoms with Gasteiger partial charge in [-0.2, -0.15) is 0 Å². The molecule has 0 unspecified atom stereocenters. The molecule has 0 aliphatic heterocycles. The molecule has 1 heteroatoms. The van der Waals surface area contributed by atoms with Gasteiger partial charge in [0.05, 0.1) is 0 Å². The molecule has 1 nitrogen and oxygen atoms in total. The topological polar surface area (TPSA) is 26.0 Å². The fourth-order valence-electron chi connectivity index (χ4n) is 3.07.